The summed E-state index contributed by atoms with van der Waals surface area (Å²) in [4.78, 5) is 23.9. The Balaban J connectivity index is 1.92. The number of esters is 1. The Bertz CT molecular complexity index is 949. The van der Waals surface area contributed by atoms with Gasteiger partial charge in [0.2, 0.25) is 5.65 Å². The quantitative estimate of drug-likeness (QED) is 0.487. The lowest BCUT2D eigenvalue weighted by Gasteiger charge is -2.08. The van der Waals surface area contributed by atoms with Crippen LogP contribution >= 0.6 is 11.8 Å². The average molecular weight is 360 g/mol. The number of carbonyl (C=O) groups is 1. The molecule has 0 amide bonds. The van der Waals surface area contributed by atoms with Gasteiger partial charge in [-0.1, -0.05) is 11.8 Å². The highest BCUT2D eigenvalue weighted by atomic mass is 32.2. The Morgan fingerprint density at radius 2 is 1.96 bits per heavy atom. The van der Waals surface area contributed by atoms with Gasteiger partial charge in [0.15, 0.2) is 5.16 Å². The Hall–Kier alpha value is -2.81. The van der Waals surface area contributed by atoms with E-state index in [2.05, 4.69) is 14.9 Å². The second-order valence-corrected chi connectivity index (χ2v) is 5.88. The second kappa shape index (κ2) is 7.39. The first-order chi connectivity index (χ1) is 12.1. The number of aromatic nitrogens is 4. The number of carbonyl (C=O) groups excluding carboxylic acids is 1. The van der Waals surface area contributed by atoms with E-state index in [4.69, 9.17) is 4.74 Å². The molecule has 2 heterocycles. The minimum atomic E-state index is -0.371. The van der Waals surface area contributed by atoms with Gasteiger partial charge < -0.3 is 9.47 Å². The van der Waals surface area contributed by atoms with Gasteiger partial charge in [0.25, 0.3) is 0 Å². The summed E-state index contributed by atoms with van der Waals surface area (Å²) in [6.45, 7) is 2.49. The summed E-state index contributed by atoms with van der Waals surface area (Å²) in [5, 5.41) is 8.36. The zero-order valence-electron chi connectivity index (χ0n) is 13.7. The standard InChI is InChI=1S/C16H16N4O4S/c1-3-24-12-6-4-11(5-7-12)19-8-9-20-14(15(19)22)17-18-16(20)25-10-13(21)23-2/h4-9H,3,10H2,1-2H3. The number of nitrogens with zero attached hydrogens (tertiary/aromatic N) is 4. The molecular formula is C16H16N4O4S. The molecule has 0 bridgehead atoms. The smallest absolute Gasteiger partial charge is 0.316 e. The zero-order valence-corrected chi connectivity index (χ0v) is 14.5. The normalized spacial score (nSPS) is 10.8. The highest BCUT2D eigenvalue weighted by Gasteiger charge is 2.13. The van der Waals surface area contributed by atoms with Gasteiger partial charge in [-0.15, -0.1) is 10.2 Å². The van der Waals surface area contributed by atoms with Crippen molar-refractivity contribution in [1.29, 1.82) is 0 Å². The van der Waals surface area contributed by atoms with Gasteiger partial charge in [-0.05, 0) is 31.2 Å². The maximum Gasteiger partial charge on any atom is 0.316 e. The van der Waals surface area contributed by atoms with Crippen LogP contribution in [0.15, 0.2) is 46.6 Å². The molecule has 8 nitrogen and oxygen atoms in total. The largest absolute Gasteiger partial charge is 0.494 e. The molecule has 0 aliphatic heterocycles. The first kappa shape index (κ1) is 17.0. The fourth-order valence-corrected chi connectivity index (χ4v) is 2.97. The summed E-state index contributed by atoms with van der Waals surface area (Å²) in [6, 6.07) is 7.20. The van der Waals surface area contributed by atoms with E-state index in [-0.39, 0.29) is 22.9 Å². The molecule has 0 spiro atoms. The molecule has 0 radical (unpaired) electrons. The Labute approximate surface area is 147 Å². The monoisotopic (exact) mass is 360 g/mol. The van der Waals surface area contributed by atoms with Crippen molar-refractivity contribution in [2.45, 2.75) is 12.1 Å². The van der Waals surface area contributed by atoms with Crippen LogP contribution < -0.4 is 10.3 Å². The van der Waals surface area contributed by atoms with Crippen molar-refractivity contribution < 1.29 is 14.3 Å². The summed E-state index contributed by atoms with van der Waals surface area (Å²) in [5.41, 5.74) is 0.579. The van der Waals surface area contributed by atoms with Gasteiger partial charge in [0.1, 0.15) is 5.75 Å². The lowest BCUT2D eigenvalue weighted by Crippen LogP contribution is -2.20. The van der Waals surface area contributed by atoms with Crippen LogP contribution in [0.1, 0.15) is 6.92 Å². The van der Waals surface area contributed by atoms with Crippen molar-refractivity contribution in [3.63, 3.8) is 0 Å². The van der Waals surface area contributed by atoms with Crippen molar-refractivity contribution in [2.24, 2.45) is 0 Å². The number of thioether (sulfide) groups is 1. The van der Waals surface area contributed by atoms with Gasteiger partial charge in [-0.3, -0.25) is 18.6 Å². The third-order valence-corrected chi connectivity index (χ3v) is 4.33. The van der Waals surface area contributed by atoms with E-state index in [1.54, 1.807) is 41.1 Å². The number of hydrogen-bond acceptors (Lipinski definition) is 7. The van der Waals surface area contributed by atoms with Gasteiger partial charge >= 0.3 is 11.5 Å². The number of methoxy groups -OCH3 is 1. The van der Waals surface area contributed by atoms with Crippen molar-refractivity contribution in [3.8, 4) is 11.4 Å². The molecule has 25 heavy (non-hydrogen) atoms. The van der Waals surface area contributed by atoms with E-state index in [0.29, 0.717) is 17.5 Å². The van der Waals surface area contributed by atoms with E-state index < -0.39 is 0 Å². The highest BCUT2D eigenvalue weighted by Crippen LogP contribution is 2.17. The van der Waals surface area contributed by atoms with Crippen LogP contribution in [0.2, 0.25) is 0 Å². The predicted molar refractivity (Wildman–Crippen MR) is 92.5 cm³/mol. The lowest BCUT2D eigenvalue weighted by molar-refractivity contribution is -0.137. The highest BCUT2D eigenvalue weighted by molar-refractivity contribution is 7.99. The van der Waals surface area contributed by atoms with Gasteiger partial charge in [0, 0.05) is 18.1 Å². The van der Waals surface area contributed by atoms with Crippen LogP contribution in [0.5, 0.6) is 5.75 Å². The summed E-state index contributed by atoms with van der Waals surface area (Å²) >= 11 is 1.16. The molecule has 130 valence electrons. The minimum absolute atomic E-state index is 0.0965. The molecule has 0 aliphatic rings. The van der Waals surface area contributed by atoms with Crippen molar-refractivity contribution in [2.75, 3.05) is 19.5 Å². The van der Waals surface area contributed by atoms with Crippen LogP contribution in [0, 0.1) is 0 Å². The van der Waals surface area contributed by atoms with E-state index in [1.165, 1.54) is 11.7 Å². The molecule has 0 fully saturated rings. The molecule has 0 aliphatic carbocycles. The van der Waals surface area contributed by atoms with Gasteiger partial charge in [0.05, 0.1) is 19.5 Å². The fraction of sp³-hybridized carbons (Fsp3) is 0.250. The molecule has 3 rings (SSSR count). The first-order valence-electron chi connectivity index (χ1n) is 7.53. The topological polar surface area (TPSA) is 87.7 Å². The van der Waals surface area contributed by atoms with E-state index in [9.17, 15) is 9.59 Å². The molecule has 0 saturated carbocycles. The Kier molecular flexibility index (Phi) is 5.03. The molecule has 3 aromatic rings. The number of rotatable bonds is 6. The molecular weight excluding hydrogens is 344 g/mol. The number of fused-ring (bicyclic) bond motifs is 1. The summed E-state index contributed by atoms with van der Waals surface area (Å²) < 4.78 is 13.0. The third kappa shape index (κ3) is 3.50. The SMILES string of the molecule is CCOc1ccc(-n2ccn3c(SCC(=O)OC)nnc3c2=O)cc1. The number of hydrogen-bond donors (Lipinski definition) is 0. The Morgan fingerprint density at radius 3 is 2.64 bits per heavy atom. The first-order valence-corrected chi connectivity index (χ1v) is 8.52. The maximum absolute atomic E-state index is 12.7. The van der Waals surface area contributed by atoms with Gasteiger partial charge in [-0.2, -0.15) is 0 Å². The van der Waals surface area contributed by atoms with Crippen LogP contribution in [-0.4, -0.2) is 44.6 Å². The van der Waals surface area contributed by atoms with Crippen LogP contribution in [0.25, 0.3) is 11.3 Å². The zero-order chi connectivity index (χ0) is 17.8. The van der Waals surface area contributed by atoms with Crippen LogP contribution in [0.4, 0.5) is 0 Å². The molecule has 1 aromatic carbocycles. The number of ether oxygens (including phenoxy) is 2. The molecule has 2 aromatic heterocycles. The minimum Gasteiger partial charge on any atom is -0.494 e. The Morgan fingerprint density at radius 1 is 1.20 bits per heavy atom. The maximum atomic E-state index is 12.7. The van der Waals surface area contributed by atoms with Crippen LogP contribution in [0.3, 0.4) is 0 Å². The average Bonchev–Trinajstić information content (AvgIpc) is 3.05. The molecule has 0 N–H and O–H groups in total. The van der Waals surface area contributed by atoms with Crippen molar-refractivity contribution in [1.82, 2.24) is 19.2 Å². The predicted octanol–water partition coefficient (Wildman–Crippen LogP) is 1.54. The van der Waals surface area contributed by atoms with E-state index in [1.807, 2.05) is 6.92 Å². The summed E-state index contributed by atoms with van der Waals surface area (Å²) in [6.07, 6.45) is 3.32. The molecule has 0 saturated heterocycles. The van der Waals surface area contributed by atoms with Gasteiger partial charge in [-0.25, -0.2) is 0 Å². The third-order valence-electron chi connectivity index (χ3n) is 3.41. The number of benzene rings is 1. The fourth-order valence-electron chi connectivity index (χ4n) is 2.22. The van der Waals surface area contributed by atoms with E-state index in [0.717, 1.165) is 17.5 Å². The van der Waals surface area contributed by atoms with Crippen molar-refractivity contribution in [3.05, 3.63) is 47.0 Å². The molecule has 9 heteroatoms. The molecule has 0 atom stereocenters. The molecule has 0 unspecified atom stereocenters. The lowest BCUT2D eigenvalue weighted by atomic mass is 10.3. The van der Waals surface area contributed by atoms with Crippen molar-refractivity contribution >= 4 is 23.4 Å². The van der Waals surface area contributed by atoms with E-state index >= 15 is 0 Å². The summed E-state index contributed by atoms with van der Waals surface area (Å²) in [5.74, 6) is 0.466. The summed E-state index contributed by atoms with van der Waals surface area (Å²) in [7, 11) is 1.32. The van der Waals surface area contributed by atoms with Crippen LogP contribution in [-0.2, 0) is 9.53 Å². The second-order valence-electron chi connectivity index (χ2n) is 4.94.